The van der Waals surface area contributed by atoms with Crippen molar-refractivity contribution in [2.45, 2.75) is 13.8 Å². The van der Waals surface area contributed by atoms with Gasteiger partial charge in [0, 0.05) is 21.2 Å². The fourth-order valence-electron chi connectivity index (χ4n) is 4.54. The number of rotatable bonds is 2. The maximum Gasteiger partial charge on any atom is 0.0734 e. The highest BCUT2D eigenvalue weighted by molar-refractivity contribution is 7.27. The molecule has 6 aromatic rings. The van der Waals surface area contributed by atoms with Crippen molar-refractivity contribution in [1.82, 2.24) is 4.57 Å². The molecule has 0 aliphatic carbocycles. The lowest BCUT2D eigenvalue weighted by Gasteiger charge is -2.10. The average Bonchev–Trinajstić information content (AvgIpc) is 3.33. The zero-order chi connectivity index (χ0) is 20.2. The number of nitrogens with zero attached hydrogens (tertiary/aromatic N) is 1. The molecule has 30 heavy (non-hydrogen) atoms. The average molecular weight is 404 g/mol. The lowest BCUT2D eigenvalue weighted by molar-refractivity contribution is 1.19. The molecule has 0 atom stereocenters. The van der Waals surface area contributed by atoms with Gasteiger partial charge in [-0.25, -0.2) is 0 Å². The van der Waals surface area contributed by atoms with Gasteiger partial charge < -0.3 is 4.57 Å². The maximum atomic E-state index is 2.45. The molecule has 1 nitrogen and oxygen atoms in total. The Morgan fingerprint density at radius 1 is 0.800 bits per heavy atom. The Labute approximate surface area is 179 Å². The molecule has 144 valence electrons. The summed E-state index contributed by atoms with van der Waals surface area (Å²) in [7, 11) is 0. The van der Waals surface area contributed by atoms with Gasteiger partial charge >= 0.3 is 0 Å². The number of para-hydroxylation sites is 1. The summed E-state index contributed by atoms with van der Waals surface area (Å²) in [6.45, 7) is 4.26. The van der Waals surface area contributed by atoms with Gasteiger partial charge in [0.25, 0.3) is 0 Å². The van der Waals surface area contributed by atoms with E-state index in [-0.39, 0.29) is 0 Å². The summed E-state index contributed by atoms with van der Waals surface area (Å²) >= 11 is 1.90. The molecule has 0 bridgehead atoms. The van der Waals surface area contributed by atoms with Crippen LogP contribution in [0.5, 0.6) is 0 Å². The minimum Gasteiger partial charge on any atom is -0.308 e. The fraction of sp³-hybridized carbons (Fsp3) is 0.0714. The predicted octanol–water partition coefficient (Wildman–Crippen LogP) is 8.57. The highest BCUT2D eigenvalue weighted by atomic mass is 32.1. The monoisotopic (exact) mass is 403 g/mol. The van der Waals surface area contributed by atoms with Crippen molar-refractivity contribution < 1.29 is 0 Å². The molecule has 0 saturated carbocycles. The van der Waals surface area contributed by atoms with E-state index in [1.54, 1.807) is 0 Å². The minimum atomic E-state index is 1.21. The first kappa shape index (κ1) is 17.5. The van der Waals surface area contributed by atoms with Gasteiger partial charge in [0.1, 0.15) is 0 Å². The summed E-state index contributed by atoms with van der Waals surface area (Å²) in [6, 6.07) is 31.0. The van der Waals surface area contributed by atoms with E-state index >= 15 is 0 Å². The van der Waals surface area contributed by atoms with Gasteiger partial charge in [-0.1, -0.05) is 66.7 Å². The number of hydrogen-bond acceptors (Lipinski definition) is 1. The Hall–Kier alpha value is -3.36. The number of benzene rings is 4. The second-order valence-electron chi connectivity index (χ2n) is 7.81. The number of aromatic nitrogens is 1. The van der Waals surface area contributed by atoms with Crippen molar-refractivity contribution in [3.8, 4) is 5.69 Å². The molecule has 0 aliphatic heterocycles. The van der Waals surface area contributed by atoms with Crippen LogP contribution in [0.15, 0.2) is 91.0 Å². The van der Waals surface area contributed by atoms with Crippen molar-refractivity contribution in [1.29, 1.82) is 0 Å². The van der Waals surface area contributed by atoms with Crippen LogP contribution in [0.3, 0.4) is 0 Å². The van der Waals surface area contributed by atoms with Crippen LogP contribution in [0.2, 0.25) is 0 Å². The quantitative estimate of drug-likeness (QED) is 0.273. The van der Waals surface area contributed by atoms with Crippen LogP contribution < -0.4 is 0 Å². The summed E-state index contributed by atoms with van der Waals surface area (Å²) < 4.78 is 5.16. The highest BCUT2D eigenvalue weighted by Crippen LogP contribution is 2.44. The van der Waals surface area contributed by atoms with E-state index in [0.717, 1.165) is 0 Å². The lowest BCUT2D eigenvalue weighted by Crippen LogP contribution is -1.94. The molecule has 2 aromatic heterocycles. The molecule has 0 radical (unpaired) electrons. The number of allylic oxidation sites excluding steroid dienone is 2. The standard InChI is InChI=1S/C28H21NS/c1-3-18(2)19-12-15-21(16-13-19)29-24-11-7-6-10-23(24)28-27(29)26-22-9-5-4-8-20(22)14-17-25(26)30-28/h3-17H,1-2H3/b18-3+. The van der Waals surface area contributed by atoms with E-state index in [0.29, 0.717) is 0 Å². The van der Waals surface area contributed by atoms with Crippen LogP contribution in [-0.2, 0) is 0 Å². The zero-order valence-corrected chi connectivity index (χ0v) is 17.8. The van der Waals surface area contributed by atoms with Crippen LogP contribution in [0.4, 0.5) is 0 Å². The molecule has 0 amide bonds. The largest absolute Gasteiger partial charge is 0.308 e. The van der Waals surface area contributed by atoms with Crippen LogP contribution in [0.25, 0.3) is 53.2 Å². The Morgan fingerprint density at radius 3 is 2.33 bits per heavy atom. The summed E-state index contributed by atoms with van der Waals surface area (Å²) in [6.07, 6.45) is 2.16. The molecule has 0 N–H and O–H groups in total. The van der Waals surface area contributed by atoms with Crippen molar-refractivity contribution in [3.63, 3.8) is 0 Å². The van der Waals surface area contributed by atoms with Crippen molar-refractivity contribution in [3.05, 3.63) is 96.6 Å². The number of fused-ring (bicyclic) bond motifs is 7. The first-order valence-electron chi connectivity index (χ1n) is 10.3. The molecule has 0 fully saturated rings. The van der Waals surface area contributed by atoms with Crippen molar-refractivity contribution >= 4 is 58.9 Å². The highest BCUT2D eigenvalue weighted by Gasteiger charge is 2.19. The molecule has 0 saturated heterocycles. The lowest BCUT2D eigenvalue weighted by atomic mass is 10.1. The molecule has 2 heteroatoms. The Morgan fingerprint density at radius 2 is 1.53 bits per heavy atom. The molecule has 0 spiro atoms. The predicted molar refractivity (Wildman–Crippen MR) is 133 cm³/mol. The summed E-state index contributed by atoms with van der Waals surface area (Å²) in [5.41, 5.74) is 6.37. The van der Waals surface area contributed by atoms with E-state index in [1.807, 2.05) is 11.3 Å². The number of thiophene rings is 1. The molecule has 0 unspecified atom stereocenters. The van der Waals surface area contributed by atoms with E-state index < -0.39 is 0 Å². The SMILES string of the molecule is C/C=C(\C)c1ccc(-n2c3ccccc3c3sc4ccc5ccccc5c4c32)cc1. The Bertz CT molecular complexity index is 1590. The molecular weight excluding hydrogens is 382 g/mol. The summed E-state index contributed by atoms with van der Waals surface area (Å²) in [5, 5.41) is 5.30. The topological polar surface area (TPSA) is 4.93 Å². The van der Waals surface area contributed by atoms with E-state index in [9.17, 15) is 0 Å². The van der Waals surface area contributed by atoms with Crippen LogP contribution in [-0.4, -0.2) is 4.57 Å². The summed E-state index contributed by atoms with van der Waals surface area (Å²) in [5.74, 6) is 0. The third-order valence-electron chi connectivity index (χ3n) is 6.18. The van der Waals surface area contributed by atoms with Crippen LogP contribution in [0.1, 0.15) is 19.4 Å². The van der Waals surface area contributed by atoms with Gasteiger partial charge in [0.15, 0.2) is 0 Å². The fourth-order valence-corrected chi connectivity index (χ4v) is 5.78. The van der Waals surface area contributed by atoms with Crippen LogP contribution >= 0.6 is 11.3 Å². The van der Waals surface area contributed by atoms with Gasteiger partial charge in [0.2, 0.25) is 0 Å². The van der Waals surface area contributed by atoms with E-state index in [1.165, 1.54) is 58.8 Å². The first-order valence-corrected chi connectivity index (χ1v) is 11.1. The van der Waals surface area contributed by atoms with Crippen molar-refractivity contribution in [2.24, 2.45) is 0 Å². The third kappa shape index (κ3) is 2.41. The van der Waals surface area contributed by atoms with E-state index in [2.05, 4.69) is 109 Å². The van der Waals surface area contributed by atoms with Gasteiger partial charge in [-0.15, -0.1) is 11.3 Å². The molecule has 4 aromatic carbocycles. The summed E-state index contributed by atoms with van der Waals surface area (Å²) in [4.78, 5) is 0. The molecule has 6 rings (SSSR count). The van der Waals surface area contributed by atoms with Gasteiger partial charge in [0.05, 0.1) is 15.7 Å². The molecular formula is C28H21NS. The second kappa shape index (κ2) is 6.58. The molecule has 2 heterocycles. The van der Waals surface area contributed by atoms with Crippen LogP contribution in [0, 0.1) is 0 Å². The van der Waals surface area contributed by atoms with E-state index in [4.69, 9.17) is 0 Å². The molecule has 0 aliphatic rings. The Balaban J connectivity index is 1.78. The van der Waals surface area contributed by atoms with Gasteiger partial charge in [-0.05, 0) is 60.0 Å². The maximum absolute atomic E-state index is 2.45. The Kier molecular flexibility index (Phi) is 3.84. The minimum absolute atomic E-state index is 1.21. The second-order valence-corrected chi connectivity index (χ2v) is 8.86. The van der Waals surface area contributed by atoms with Gasteiger partial charge in [-0.3, -0.25) is 0 Å². The third-order valence-corrected chi connectivity index (χ3v) is 7.36. The van der Waals surface area contributed by atoms with Gasteiger partial charge in [-0.2, -0.15) is 0 Å². The normalized spacial score (nSPS) is 12.5. The number of hydrogen-bond donors (Lipinski definition) is 0. The smallest absolute Gasteiger partial charge is 0.0734 e. The van der Waals surface area contributed by atoms with Crippen molar-refractivity contribution in [2.75, 3.05) is 0 Å². The zero-order valence-electron chi connectivity index (χ0n) is 17.0. The first-order chi connectivity index (χ1) is 14.8.